The molecule has 2 aliphatic carbocycles. The molecule has 0 aromatic rings. The summed E-state index contributed by atoms with van der Waals surface area (Å²) in [6.07, 6.45) is 13.9. The van der Waals surface area contributed by atoms with Gasteiger partial charge in [-0.15, -0.1) is 0 Å². The number of allylic oxidation sites excluding steroid dienone is 3. The van der Waals surface area contributed by atoms with Gasteiger partial charge in [-0.1, -0.05) is 18.2 Å². The fourth-order valence-corrected chi connectivity index (χ4v) is 3.17. The molecular formula is C14H17ClN2. The highest BCUT2D eigenvalue weighted by atomic mass is 35.5. The zero-order chi connectivity index (χ0) is 11.7. The topological polar surface area (TPSA) is 24.7 Å². The molecule has 3 aliphatic rings. The van der Waals surface area contributed by atoms with Gasteiger partial charge in [-0.05, 0) is 55.7 Å². The highest BCUT2D eigenvalue weighted by Crippen LogP contribution is 2.32. The molecule has 90 valence electrons. The van der Waals surface area contributed by atoms with E-state index in [0.717, 1.165) is 19.3 Å². The molecule has 0 saturated heterocycles. The van der Waals surface area contributed by atoms with Crippen LogP contribution in [0.5, 0.6) is 0 Å². The van der Waals surface area contributed by atoms with Gasteiger partial charge in [0.2, 0.25) is 5.29 Å². The molecule has 0 N–H and O–H groups in total. The van der Waals surface area contributed by atoms with Crippen molar-refractivity contribution in [1.29, 1.82) is 0 Å². The summed E-state index contributed by atoms with van der Waals surface area (Å²) in [5, 5.41) is 0.457. The normalized spacial score (nSPS) is 32.4. The lowest BCUT2D eigenvalue weighted by Crippen LogP contribution is -2.30. The van der Waals surface area contributed by atoms with E-state index < -0.39 is 0 Å². The Hall–Kier alpha value is -0.890. The molecular weight excluding hydrogens is 232 g/mol. The Kier molecular flexibility index (Phi) is 3.15. The molecule has 1 heterocycles. The van der Waals surface area contributed by atoms with E-state index >= 15 is 0 Å². The third-order valence-electron chi connectivity index (χ3n) is 3.83. The van der Waals surface area contributed by atoms with Gasteiger partial charge >= 0.3 is 0 Å². The van der Waals surface area contributed by atoms with Gasteiger partial charge in [0.1, 0.15) is 0 Å². The average Bonchev–Trinajstić information content (AvgIpc) is 2.39. The smallest absolute Gasteiger partial charge is 0.218 e. The second-order valence-electron chi connectivity index (χ2n) is 4.98. The quantitative estimate of drug-likeness (QED) is 0.497. The predicted molar refractivity (Wildman–Crippen MR) is 72.9 cm³/mol. The first kappa shape index (κ1) is 11.2. The number of halogens is 1. The van der Waals surface area contributed by atoms with E-state index in [1.54, 1.807) is 0 Å². The standard InChI is InChI=1S/C14H17ClN2/c15-14-16-12-9-5-4-8-11(12)13(17-14)10-6-2-1-3-7-10/h1-2,8,10,12H,3-7,9H2. The molecule has 1 aliphatic heterocycles. The van der Waals surface area contributed by atoms with Gasteiger partial charge in [-0.25, -0.2) is 9.98 Å². The van der Waals surface area contributed by atoms with E-state index in [2.05, 4.69) is 28.2 Å². The van der Waals surface area contributed by atoms with E-state index in [1.807, 2.05) is 0 Å². The lowest BCUT2D eigenvalue weighted by Gasteiger charge is -2.30. The first-order valence-corrected chi connectivity index (χ1v) is 6.89. The van der Waals surface area contributed by atoms with Crippen molar-refractivity contribution in [3.63, 3.8) is 0 Å². The van der Waals surface area contributed by atoms with E-state index in [9.17, 15) is 0 Å². The minimum absolute atomic E-state index is 0.287. The fraction of sp³-hybridized carbons (Fsp3) is 0.571. The van der Waals surface area contributed by atoms with Crippen LogP contribution in [0.4, 0.5) is 0 Å². The summed E-state index contributed by atoms with van der Waals surface area (Å²) >= 11 is 6.07. The van der Waals surface area contributed by atoms with E-state index in [0.29, 0.717) is 11.2 Å². The Labute approximate surface area is 107 Å². The Morgan fingerprint density at radius 1 is 1.18 bits per heavy atom. The van der Waals surface area contributed by atoms with Crippen LogP contribution in [0, 0.1) is 5.92 Å². The highest BCUT2D eigenvalue weighted by Gasteiger charge is 2.30. The molecule has 0 aromatic heterocycles. The summed E-state index contributed by atoms with van der Waals surface area (Å²) in [7, 11) is 0. The summed E-state index contributed by atoms with van der Waals surface area (Å²) in [6, 6.07) is 0.287. The second kappa shape index (κ2) is 4.77. The highest BCUT2D eigenvalue weighted by molar-refractivity contribution is 6.66. The zero-order valence-electron chi connectivity index (χ0n) is 9.90. The van der Waals surface area contributed by atoms with Crippen molar-refractivity contribution >= 4 is 22.6 Å². The zero-order valence-corrected chi connectivity index (χ0v) is 10.7. The summed E-state index contributed by atoms with van der Waals surface area (Å²) in [6.45, 7) is 0. The lowest BCUT2D eigenvalue weighted by atomic mass is 9.80. The number of fused-ring (bicyclic) bond motifs is 1. The van der Waals surface area contributed by atoms with E-state index in [-0.39, 0.29) is 6.04 Å². The monoisotopic (exact) mass is 248 g/mol. The Bertz CT molecular complexity index is 432. The molecule has 0 fully saturated rings. The molecule has 2 nitrogen and oxygen atoms in total. The number of nitrogens with zero attached hydrogens (tertiary/aromatic N) is 2. The molecule has 0 aromatic carbocycles. The SMILES string of the molecule is ClC1=NC2CCCC=C2C(C2CC=CCC2)=N1. The molecule has 2 unspecified atom stereocenters. The summed E-state index contributed by atoms with van der Waals surface area (Å²) in [5.41, 5.74) is 2.58. The van der Waals surface area contributed by atoms with Crippen LogP contribution in [-0.2, 0) is 0 Å². The van der Waals surface area contributed by atoms with Crippen LogP contribution in [0.3, 0.4) is 0 Å². The first-order valence-electron chi connectivity index (χ1n) is 6.52. The van der Waals surface area contributed by atoms with Crippen molar-refractivity contribution in [2.24, 2.45) is 15.9 Å². The predicted octanol–water partition coefficient (Wildman–Crippen LogP) is 3.87. The van der Waals surface area contributed by atoms with Crippen molar-refractivity contribution in [1.82, 2.24) is 0 Å². The maximum absolute atomic E-state index is 6.07. The molecule has 0 spiro atoms. The van der Waals surface area contributed by atoms with Crippen molar-refractivity contribution in [2.45, 2.75) is 44.6 Å². The second-order valence-corrected chi connectivity index (χ2v) is 5.32. The van der Waals surface area contributed by atoms with Crippen molar-refractivity contribution < 1.29 is 0 Å². The largest absolute Gasteiger partial charge is 0.248 e. The van der Waals surface area contributed by atoms with Crippen molar-refractivity contribution in [2.75, 3.05) is 0 Å². The summed E-state index contributed by atoms with van der Waals surface area (Å²) in [4.78, 5) is 8.98. The molecule has 3 rings (SSSR count). The van der Waals surface area contributed by atoms with E-state index in [4.69, 9.17) is 11.6 Å². The van der Waals surface area contributed by atoms with Gasteiger partial charge in [0, 0.05) is 5.92 Å². The van der Waals surface area contributed by atoms with Gasteiger partial charge in [0.05, 0.1) is 11.8 Å². The minimum atomic E-state index is 0.287. The van der Waals surface area contributed by atoms with Gasteiger partial charge in [0.25, 0.3) is 0 Å². The fourth-order valence-electron chi connectivity index (χ4n) is 2.96. The van der Waals surface area contributed by atoms with Crippen LogP contribution >= 0.6 is 11.6 Å². The van der Waals surface area contributed by atoms with Crippen LogP contribution in [0.1, 0.15) is 38.5 Å². The molecule has 0 radical (unpaired) electrons. The maximum atomic E-state index is 6.07. The summed E-state index contributed by atoms with van der Waals surface area (Å²) < 4.78 is 0. The van der Waals surface area contributed by atoms with Crippen LogP contribution in [0.15, 0.2) is 33.8 Å². The Morgan fingerprint density at radius 2 is 2.12 bits per heavy atom. The molecule has 3 heteroatoms. The third kappa shape index (κ3) is 2.23. The van der Waals surface area contributed by atoms with Gasteiger partial charge in [0.15, 0.2) is 0 Å². The average molecular weight is 249 g/mol. The third-order valence-corrected chi connectivity index (χ3v) is 4.01. The molecule has 0 saturated carbocycles. The van der Waals surface area contributed by atoms with Crippen LogP contribution in [-0.4, -0.2) is 17.0 Å². The first-order chi connectivity index (χ1) is 8.34. The molecule has 2 atom stereocenters. The van der Waals surface area contributed by atoms with Crippen LogP contribution in [0.25, 0.3) is 0 Å². The number of rotatable bonds is 1. The maximum Gasteiger partial charge on any atom is 0.218 e. The summed E-state index contributed by atoms with van der Waals surface area (Å²) in [5.74, 6) is 0.552. The van der Waals surface area contributed by atoms with Crippen molar-refractivity contribution in [3.8, 4) is 0 Å². The Balaban J connectivity index is 1.92. The number of hydrogen-bond donors (Lipinski definition) is 0. The minimum Gasteiger partial charge on any atom is -0.248 e. The molecule has 0 amide bonds. The van der Waals surface area contributed by atoms with Gasteiger partial charge in [-0.3, -0.25) is 0 Å². The van der Waals surface area contributed by atoms with Gasteiger partial charge in [-0.2, -0.15) is 0 Å². The lowest BCUT2D eigenvalue weighted by molar-refractivity contribution is 0.588. The molecule has 17 heavy (non-hydrogen) atoms. The van der Waals surface area contributed by atoms with E-state index in [1.165, 1.54) is 30.5 Å². The van der Waals surface area contributed by atoms with Crippen LogP contribution in [0.2, 0.25) is 0 Å². The Morgan fingerprint density at radius 3 is 2.94 bits per heavy atom. The van der Waals surface area contributed by atoms with Gasteiger partial charge < -0.3 is 0 Å². The number of amidine groups is 1. The van der Waals surface area contributed by atoms with Crippen LogP contribution < -0.4 is 0 Å². The number of aliphatic imine (C=N–C) groups is 2. The number of hydrogen-bond acceptors (Lipinski definition) is 2. The molecule has 0 bridgehead atoms. The van der Waals surface area contributed by atoms with Crippen molar-refractivity contribution in [3.05, 3.63) is 23.8 Å².